The highest BCUT2D eigenvalue weighted by Crippen LogP contribution is 2.27. The molecule has 0 unspecified atom stereocenters. The van der Waals surface area contributed by atoms with E-state index in [2.05, 4.69) is 22.9 Å². The first-order chi connectivity index (χ1) is 5.86. The van der Waals surface area contributed by atoms with Gasteiger partial charge in [0, 0.05) is 6.20 Å². The van der Waals surface area contributed by atoms with Gasteiger partial charge in [-0.1, -0.05) is 19.3 Å². The molecule has 0 radical (unpaired) electrons. The SMILES string of the molecule is Cc1cnn(C2CCCCC2)c1. The quantitative estimate of drug-likeness (QED) is 0.624. The van der Waals surface area contributed by atoms with E-state index in [1.807, 2.05) is 6.20 Å². The summed E-state index contributed by atoms with van der Waals surface area (Å²) in [5.41, 5.74) is 1.28. The van der Waals surface area contributed by atoms with Gasteiger partial charge in [0.2, 0.25) is 0 Å². The van der Waals surface area contributed by atoms with E-state index in [-0.39, 0.29) is 0 Å². The minimum Gasteiger partial charge on any atom is -0.269 e. The van der Waals surface area contributed by atoms with E-state index >= 15 is 0 Å². The molecule has 0 aromatic carbocycles. The van der Waals surface area contributed by atoms with Crippen molar-refractivity contribution in [2.24, 2.45) is 0 Å². The average Bonchev–Trinajstić information content (AvgIpc) is 2.54. The molecule has 0 saturated heterocycles. The van der Waals surface area contributed by atoms with E-state index in [1.165, 1.54) is 37.7 Å². The van der Waals surface area contributed by atoms with E-state index in [9.17, 15) is 0 Å². The summed E-state index contributed by atoms with van der Waals surface area (Å²) in [6, 6.07) is 0.687. The summed E-state index contributed by atoms with van der Waals surface area (Å²) in [7, 11) is 0. The minimum absolute atomic E-state index is 0.687. The second kappa shape index (κ2) is 3.30. The molecular formula is C10H16N2. The molecule has 1 fully saturated rings. The fourth-order valence-electron chi connectivity index (χ4n) is 1.98. The normalized spacial score (nSPS) is 19.8. The molecule has 1 aromatic rings. The lowest BCUT2D eigenvalue weighted by atomic mass is 9.96. The van der Waals surface area contributed by atoms with Crippen LogP contribution in [0.25, 0.3) is 0 Å². The van der Waals surface area contributed by atoms with E-state index in [0.717, 1.165) is 0 Å². The second-order valence-corrected chi connectivity index (χ2v) is 3.79. The fraction of sp³-hybridized carbons (Fsp3) is 0.700. The van der Waals surface area contributed by atoms with Gasteiger partial charge in [-0.05, 0) is 25.3 Å². The summed E-state index contributed by atoms with van der Waals surface area (Å²) in [6.45, 7) is 2.10. The zero-order valence-electron chi connectivity index (χ0n) is 7.66. The van der Waals surface area contributed by atoms with Crippen molar-refractivity contribution in [1.82, 2.24) is 9.78 Å². The van der Waals surface area contributed by atoms with Crippen LogP contribution in [0.3, 0.4) is 0 Å². The molecule has 12 heavy (non-hydrogen) atoms. The van der Waals surface area contributed by atoms with Crippen LogP contribution in [0.15, 0.2) is 12.4 Å². The van der Waals surface area contributed by atoms with Crippen LogP contribution in [0.4, 0.5) is 0 Å². The lowest BCUT2D eigenvalue weighted by molar-refractivity contribution is 0.329. The van der Waals surface area contributed by atoms with E-state index in [0.29, 0.717) is 6.04 Å². The molecule has 0 amide bonds. The molecule has 2 rings (SSSR count). The van der Waals surface area contributed by atoms with Crippen molar-refractivity contribution in [2.75, 3.05) is 0 Å². The van der Waals surface area contributed by atoms with Crippen LogP contribution in [-0.4, -0.2) is 9.78 Å². The van der Waals surface area contributed by atoms with Crippen molar-refractivity contribution in [3.05, 3.63) is 18.0 Å². The third-order valence-corrected chi connectivity index (χ3v) is 2.68. The molecule has 2 nitrogen and oxygen atoms in total. The maximum absolute atomic E-state index is 4.36. The van der Waals surface area contributed by atoms with Gasteiger partial charge >= 0.3 is 0 Å². The fourth-order valence-corrected chi connectivity index (χ4v) is 1.98. The van der Waals surface area contributed by atoms with Gasteiger partial charge in [0.25, 0.3) is 0 Å². The van der Waals surface area contributed by atoms with Crippen LogP contribution in [0, 0.1) is 6.92 Å². The Morgan fingerprint density at radius 3 is 2.67 bits per heavy atom. The molecule has 0 N–H and O–H groups in total. The maximum atomic E-state index is 4.36. The van der Waals surface area contributed by atoms with Crippen LogP contribution in [0.5, 0.6) is 0 Å². The predicted octanol–water partition coefficient (Wildman–Crippen LogP) is 2.70. The van der Waals surface area contributed by atoms with E-state index < -0.39 is 0 Å². The summed E-state index contributed by atoms with van der Waals surface area (Å²) < 4.78 is 2.15. The molecule has 2 heteroatoms. The predicted molar refractivity (Wildman–Crippen MR) is 49.1 cm³/mol. The number of rotatable bonds is 1. The standard InChI is InChI=1S/C10H16N2/c1-9-7-11-12(8-9)10-5-3-2-4-6-10/h7-8,10H,2-6H2,1H3. The molecule has 1 aliphatic rings. The lowest BCUT2D eigenvalue weighted by Gasteiger charge is -2.21. The molecule has 0 aliphatic heterocycles. The summed E-state index contributed by atoms with van der Waals surface area (Å²) in [6.07, 6.45) is 10.9. The molecule has 0 spiro atoms. The molecule has 1 saturated carbocycles. The number of aryl methyl sites for hydroxylation is 1. The number of hydrogen-bond donors (Lipinski definition) is 0. The zero-order valence-corrected chi connectivity index (χ0v) is 7.66. The Labute approximate surface area is 73.6 Å². The highest BCUT2D eigenvalue weighted by Gasteiger charge is 2.14. The molecule has 0 atom stereocenters. The van der Waals surface area contributed by atoms with Crippen LogP contribution in [0.2, 0.25) is 0 Å². The first-order valence-corrected chi connectivity index (χ1v) is 4.87. The van der Waals surface area contributed by atoms with Crippen molar-refractivity contribution in [3.8, 4) is 0 Å². The first kappa shape index (κ1) is 7.84. The molecular weight excluding hydrogens is 148 g/mol. The van der Waals surface area contributed by atoms with E-state index in [1.54, 1.807) is 0 Å². The average molecular weight is 164 g/mol. The Kier molecular flexibility index (Phi) is 2.15. The van der Waals surface area contributed by atoms with Gasteiger partial charge in [-0.3, -0.25) is 4.68 Å². The maximum Gasteiger partial charge on any atom is 0.0519 e. The molecule has 66 valence electrons. The summed E-state index contributed by atoms with van der Waals surface area (Å²) >= 11 is 0. The lowest BCUT2D eigenvalue weighted by Crippen LogP contribution is -2.12. The van der Waals surface area contributed by atoms with Gasteiger partial charge < -0.3 is 0 Å². The highest BCUT2D eigenvalue weighted by atomic mass is 15.3. The van der Waals surface area contributed by atoms with Gasteiger partial charge in [0.15, 0.2) is 0 Å². The first-order valence-electron chi connectivity index (χ1n) is 4.87. The van der Waals surface area contributed by atoms with Crippen LogP contribution in [-0.2, 0) is 0 Å². The Morgan fingerprint density at radius 2 is 2.08 bits per heavy atom. The monoisotopic (exact) mass is 164 g/mol. The zero-order chi connectivity index (χ0) is 8.39. The van der Waals surface area contributed by atoms with Crippen molar-refractivity contribution in [2.45, 2.75) is 45.1 Å². The van der Waals surface area contributed by atoms with Crippen LogP contribution < -0.4 is 0 Å². The molecule has 1 aliphatic carbocycles. The Balaban J connectivity index is 2.08. The number of nitrogens with zero attached hydrogens (tertiary/aromatic N) is 2. The molecule has 0 bridgehead atoms. The van der Waals surface area contributed by atoms with Crippen molar-refractivity contribution >= 4 is 0 Å². The van der Waals surface area contributed by atoms with Gasteiger partial charge in [0.1, 0.15) is 0 Å². The highest BCUT2D eigenvalue weighted by molar-refractivity contribution is 5.00. The van der Waals surface area contributed by atoms with E-state index in [4.69, 9.17) is 0 Å². The molecule has 1 heterocycles. The summed E-state index contributed by atoms with van der Waals surface area (Å²) in [5, 5.41) is 4.36. The van der Waals surface area contributed by atoms with Gasteiger partial charge in [-0.15, -0.1) is 0 Å². The summed E-state index contributed by atoms with van der Waals surface area (Å²) in [5.74, 6) is 0. The van der Waals surface area contributed by atoms with Crippen molar-refractivity contribution < 1.29 is 0 Å². The van der Waals surface area contributed by atoms with Gasteiger partial charge in [-0.25, -0.2) is 0 Å². The molecule has 1 aromatic heterocycles. The number of hydrogen-bond acceptors (Lipinski definition) is 1. The smallest absolute Gasteiger partial charge is 0.0519 e. The Bertz CT molecular complexity index is 246. The number of aromatic nitrogens is 2. The Morgan fingerprint density at radius 1 is 1.33 bits per heavy atom. The van der Waals surface area contributed by atoms with Crippen LogP contribution >= 0.6 is 0 Å². The minimum atomic E-state index is 0.687. The second-order valence-electron chi connectivity index (χ2n) is 3.79. The Hall–Kier alpha value is -0.790. The summed E-state index contributed by atoms with van der Waals surface area (Å²) in [4.78, 5) is 0. The third-order valence-electron chi connectivity index (χ3n) is 2.68. The van der Waals surface area contributed by atoms with Crippen molar-refractivity contribution in [1.29, 1.82) is 0 Å². The topological polar surface area (TPSA) is 17.8 Å². The van der Waals surface area contributed by atoms with Crippen molar-refractivity contribution in [3.63, 3.8) is 0 Å². The third kappa shape index (κ3) is 1.52. The van der Waals surface area contributed by atoms with Gasteiger partial charge in [-0.2, -0.15) is 5.10 Å². The van der Waals surface area contributed by atoms with Gasteiger partial charge in [0.05, 0.1) is 12.2 Å². The largest absolute Gasteiger partial charge is 0.269 e. The van der Waals surface area contributed by atoms with Crippen LogP contribution in [0.1, 0.15) is 43.7 Å².